The quantitative estimate of drug-likeness (QED) is 0.880. The third kappa shape index (κ3) is 4.78. The zero-order valence-electron chi connectivity index (χ0n) is 13.4. The number of hydrogen-bond donors (Lipinski definition) is 1. The van der Waals surface area contributed by atoms with Gasteiger partial charge in [0.25, 0.3) is 0 Å². The maximum absolute atomic E-state index is 13.0. The minimum absolute atomic E-state index is 0.169. The lowest BCUT2D eigenvalue weighted by molar-refractivity contribution is 0.247. The summed E-state index contributed by atoms with van der Waals surface area (Å²) < 4.78 is 13.0. The number of rotatable bonds is 4. The van der Waals surface area contributed by atoms with E-state index < -0.39 is 0 Å². The average molecular weight is 313 g/mol. The predicted molar refractivity (Wildman–Crippen MR) is 92.4 cm³/mol. The molecule has 0 bridgehead atoms. The standard InChI is InChI=1S/C19H24FN3/c20-18-7-5-16(6-8-18)14-22-9-2-10-23(12-11-22)15-17-3-1-4-19(21)13-17/h1,3-8,13H,2,9-12,14-15,21H2. The first kappa shape index (κ1) is 16.0. The topological polar surface area (TPSA) is 32.5 Å². The zero-order chi connectivity index (χ0) is 16.1. The highest BCUT2D eigenvalue weighted by molar-refractivity contribution is 5.40. The molecule has 0 aliphatic carbocycles. The van der Waals surface area contributed by atoms with E-state index in [0.29, 0.717) is 0 Å². The fourth-order valence-electron chi connectivity index (χ4n) is 3.14. The van der Waals surface area contributed by atoms with Gasteiger partial charge in [0.15, 0.2) is 0 Å². The van der Waals surface area contributed by atoms with Crippen molar-refractivity contribution in [2.75, 3.05) is 31.9 Å². The van der Waals surface area contributed by atoms with Crippen molar-refractivity contribution in [2.45, 2.75) is 19.5 Å². The normalized spacial score (nSPS) is 17.1. The lowest BCUT2D eigenvalue weighted by Gasteiger charge is -2.22. The molecular weight excluding hydrogens is 289 g/mol. The van der Waals surface area contributed by atoms with E-state index in [-0.39, 0.29) is 5.82 Å². The Morgan fingerprint density at radius 1 is 0.826 bits per heavy atom. The molecule has 0 aromatic heterocycles. The van der Waals surface area contributed by atoms with Gasteiger partial charge < -0.3 is 5.73 Å². The molecule has 2 N–H and O–H groups in total. The van der Waals surface area contributed by atoms with Gasteiger partial charge in [0, 0.05) is 31.9 Å². The van der Waals surface area contributed by atoms with Crippen LogP contribution in [-0.2, 0) is 13.1 Å². The van der Waals surface area contributed by atoms with Crippen LogP contribution in [0.5, 0.6) is 0 Å². The molecule has 1 fully saturated rings. The summed E-state index contributed by atoms with van der Waals surface area (Å²) in [5, 5.41) is 0. The fourth-order valence-corrected chi connectivity index (χ4v) is 3.14. The Bertz CT molecular complexity index is 627. The molecule has 2 aromatic rings. The highest BCUT2D eigenvalue weighted by Gasteiger charge is 2.15. The molecule has 3 nitrogen and oxygen atoms in total. The van der Waals surface area contributed by atoms with Crippen LogP contribution in [0, 0.1) is 5.82 Å². The lowest BCUT2D eigenvalue weighted by Crippen LogP contribution is -2.30. The summed E-state index contributed by atoms with van der Waals surface area (Å²) in [6.07, 6.45) is 1.16. The largest absolute Gasteiger partial charge is 0.399 e. The predicted octanol–water partition coefficient (Wildman–Crippen LogP) is 3.12. The van der Waals surface area contributed by atoms with Crippen molar-refractivity contribution in [2.24, 2.45) is 0 Å². The summed E-state index contributed by atoms with van der Waals surface area (Å²) in [5.74, 6) is -0.169. The minimum Gasteiger partial charge on any atom is -0.399 e. The summed E-state index contributed by atoms with van der Waals surface area (Å²) in [6.45, 7) is 6.14. The van der Waals surface area contributed by atoms with Crippen molar-refractivity contribution >= 4 is 5.69 Å². The van der Waals surface area contributed by atoms with Crippen molar-refractivity contribution in [1.29, 1.82) is 0 Å². The molecule has 1 saturated heterocycles. The second kappa shape index (κ2) is 7.57. The number of anilines is 1. The molecule has 1 aliphatic rings. The maximum atomic E-state index is 13.0. The van der Waals surface area contributed by atoms with Gasteiger partial charge in [0.1, 0.15) is 5.82 Å². The van der Waals surface area contributed by atoms with Crippen LogP contribution in [-0.4, -0.2) is 36.0 Å². The van der Waals surface area contributed by atoms with Crippen LogP contribution in [0.15, 0.2) is 48.5 Å². The molecule has 4 heteroatoms. The highest BCUT2D eigenvalue weighted by Crippen LogP contribution is 2.14. The van der Waals surface area contributed by atoms with Crippen LogP contribution in [0.2, 0.25) is 0 Å². The van der Waals surface area contributed by atoms with E-state index in [2.05, 4.69) is 21.9 Å². The van der Waals surface area contributed by atoms with Gasteiger partial charge in [-0.3, -0.25) is 9.80 Å². The van der Waals surface area contributed by atoms with Crippen LogP contribution in [0.25, 0.3) is 0 Å². The summed E-state index contributed by atoms with van der Waals surface area (Å²) in [5.41, 5.74) is 9.14. The van der Waals surface area contributed by atoms with Gasteiger partial charge in [-0.15, -0.1) is 0 Å². The van der Waals surface area contributed by atoms with Gasteiger partial charge >= 0.3 is 0 Å². The van der Waals surface area contributed by atoms with E-state index in [0.717, 1.165) is 51.4 Å². The molecule has 2 aromatic carbocycles. The van der Waals surface area contributed by atoms with Crippen molar-refractivity contribution in [3.05, 3.63) is 65.5 Å². The van der Waals surface area contributed by atoms with Crippen LogP contribution in [0.1, 0.15) is 17.5 Å². The number of halogens is 1. The van der Waals surface area contributed by atoms with E-state index >= 15 is 0 Å². The fraction of sp³-hybridized carbons (Fsp3) is 0.368. The van der Waals surface area contributed by atoms with Crippen molar-refractivity contribution in [3.8, 4) is 0 Å². The highest BCUT2D eigenvalue weighted by atomic mass is 19.1. The minimum atomic E-state index is -0.169. The zero-order valence-corrected chi connectivity index (χ0v) is 13.4. The molecule has 0 amide bonds. The van der Waals surface area contributed by atoms with Crippen molar-refractivity contribution in [3.63, 3.8) is 0 Å². The number of nitrogens with zero attached hydrogens (tertiary/aromatic N) is 2. The second-order valence-corrected chi connectivity index (χ2v) is 6.28. The van der Waals surface area contributed by atoms with E-state index in [1.807, 2.05) is 24.3 Å². The van der Waals surface area contributed by atoms with Crippen LogP contribution in [0.4, 0.5) is 10.1 Å². The first-order chi connectivity index (χ1) is 11.2. The van der Waals surface area contributed by atoms with Gasteiger partial charge in [0.05, 0.1) is 0 Å². The Morgan fingerprint density at radius 2 is 1.48 bits per heavy atom. The van der Waals surface area contributed by atoms with Crippen LogP contribution >= 0.6 is 0 Å². The first-order valence-corrected chi connectivity index (χ1v) is 8.22. The van der Waals surface area contributed by atoms with Gasteiger partial charge in [-0.1, -0.05) is 24.3 Å². The third-order valence-electron chi connectivity index (χ3n) is 4.36. The van der Waals surface area contributed by atoms with Gasteiger partial charge in [-0.05, 0) is 54.9 Å². The Labute approximate surface area is 137 Å². The van der Waals surface area contributed by atoms with Gasteiger partial charge in [-0.2, -0.15) is 0 Å². The molecule has 1 heterocycles. The SMILES string of the molecule is Nc1cccc(CN2CCCN(Cc3ccc(F)cc3)CC2)c1. The number of nitrogens with two attached hydrogens (primary N) is 1. The lowest BCUT2D eigenvalue weighted by atomic mass is 10.2. The smallest absolute Gasteiger partial charge is 0.123 e. The van der Waals surface area contributed by atoms with Crippen molar-refractivity contribution in [1.82, 2.24) is 9.80 Å². The van der Waals surface area contributed by atoms with E-state index in [1.54, 1.807) is 12.1 Å². The molecule has 0 spiro atoms. The Kier molecular flexibility index (Phi) is 5.26. The third-order valence-corrected chi connectivity index (χ3v) is 4.36. The molecule has 3 rings (SSSR count). The molecule has 122 valence electrons. The average Bonchev–Trinajstić information content (AvgIpc) is 2.75. The summed E-state index contributed by atoms with van der Waals surface area (Å²) >= 11 is 0. The molecule has 23 heavy (non-hydrogen) atoms. The summed E-state index contributed by atoms with van der Waals surface area (Å²) in [6, 6.07) is 15.0. The molecular formula is C19H24FN3. The maximum Gasteiger partial charge on any atom is 0.123 e. The van der Waals surface area contributed by atoms with Crippen molar-refractivity contribution < 1.29 is 4.39 Å². The monoisotopic (exact) mass is 313 g/mol. The number of nitrogen functional groups attached to an aromatic ring is 1. The number of benzene rings is 2. The Morgan fingerprint density at radius 3 is 2.13 bits per heavy atom. The Balaban J connectivity index is 1.53. The summed E-state index contributed by atoms with van der Waals surface area (Å²) in [4.78, 5) is 4.94. The summed E-state index contributed by atoms with van der Waals surface area (Å²) in [7, 11) is 0. The van der Waals surface area contributed by atoms with Crippen LogP contribution < -0.4 is 5.73 Å². The van der Waals surface area contributed by atoms with Gasteiger partial charge in [-0.25, -0.2) is 4.39 Å². The molecule has 0 atom stereocenters. The Hall–Kier alpha value is -1.91. The molecule has 0 radical (unpaired) electrons. The molecule has 1 aliphatic heterocycles. The second-order valence-electron chi connectivity index (χ2n) is 6.28. The van der Waals surface area contributed by atoms with Crippen LogP contribution in [0.3, 0.4) is 0 Å². The molecule has 0 unspecified atom stereocenters. The van der Waals surface area contributed by atoms with E-state index in [4.69, 9.17) is 5.73 Å². The van der Waals surface area contributed by atoms with E-state index in [1.165, 1.54) is 11.1 Å². The molecule has 0 saturated carbocycles. The van der Waals surface area contributed by atoms with E-state index in [9.17, 15) is 4.39 Å². The van der Waals surface area contributed by atoms with Gasteiger partial charge in [0.2, 0.25) is 0 Å². The first-order valence-electron chi connectivity index (χ1n) is 8.22. The number of hydrogen-bond acceptors (Lipinski definition) is 3.